The van der Waals surface area contributed by atoms with E-state index < -0.39 is 34.8 Å². The lowest BCUT2D eigenvalue weighted by atomic mass is 9.87. The highest BCUT2D eigenvalue weighted by molar-refractivity contribution is 7.98. The first-order chi connectivity index (χ1) is 14.5. The Morgan fingerprint density at radius 3 is 2.35 bits per heavy atom. The standard InChI is InChI=1S/C21H25F6NO2S/c1-31-18-10-13(20(22,23)24)9-15(21(25,26)27)19(18)17(29)8-12-11-30-7-6-16(12)28-14-4-2-3-5-14/h9-10,12,14,16,28H,2-8,11H2,1H3/t12-,16-/m1/s1. The number of carbonyl (C=O) groups is 1. The summed E-state index contributed by atoms with van der Waals surface area (Å²) in [5, 5.41) is 3.52. The van der Waals surface area contributed by atoms with Gasteiger partial charge in [0.05, 0.1) is 17.7 Å². The van der Waals surface area contributed by atoms with Gasteiger partial charge in [-0.25, -0.2) is 0 Å². The van der Waals surface area contributed by atoms with Gasteiger partial charge in [-0.05, 0) is 37.7 Å². The Balaban J connectivity index is 1.90. The van der Waals surface area contributed by atoms with Crippen molar-refractivity contribution in [3.05, 3.63) is 28.8 Å². The van der Waals surface area contributed by atoms with Gasteiger partial charge in [0, 0.05) is 41.5 Å². The molecule has 174 valence electrons. The summed E-state index contributed by atoms with van der Waals surface area (Å²) in [4.78, 5) is 12.7. The van der Waals surface area contributed by atoms with Crippen LogP contribution in [0.1, 0.15) is 60.0 Å². The van der Waals surface area contributed by atoms with Gasteiger partial charge >= 0.3 is 12.4 Å². The van der Waals surface area contributed by atoms with Crippen LogP contribution in [0.2, 0.25) is 0 Å². The lowest BCUT2D eigenvalue weighted by molar-refractivity contribution is -0.143. The molecule has 1 heterocycles. The number of alkyl halides is 6. The van der Waals surface area contributed by atoms with Gasteiger partial charge in [0.15, 0.2) is 5.78 Å². The highest BCUT2D eigenvalue weighted by Crippen LogP contribution is 2.42. The third kappa shape index (κ3) is 5.96. The molecule has 1 aromatic carbocycles. The lowest BCUT2D eigenvalue weighted by Crippen LogP contribution is -2.47. The average molecular weight is 469 g/mol. The number of benzene rings is 1. The highest BCUT2D eigenvalue weighted by atomic mass is 32.2. The second-order valence-corrected chi connectivity index (χ2v) is 8.95. The van der Waals surface area contributed by atoms with E-state index in [1.165, 1.54) is 6.26 Å². The Hall–Kier alpha value is -1.26. The maximum absolute atomic E-state index is 13.7. The van der Waals surface area contributed by atoms with Gasteiger partial charge in [-0.1, -0.05) is 12.8 Å². The van der Waals surface area contributed by atoms with Crippen LogP contribution < -0.4 is 5.32 Å². The SMILES string of the molecule is CSc1cc(C(F)(F)F)cc(C(F)(F)F)c1C(=O)C[C@@H]1COCC[C@H]1NC1CCCC1. The molecule has 3 rings (SSSR count). The first-order valence-corrected chi connectivity index (χ1v) is 11.5. The van der Waals surface area contributed by atoms with Crippen LogP contribution in [0, 0.1) is 5.92 Å². The van der Waals surface area contributed by atoms with Crippen molar-refractivity contribution in [2.75, 3.05) is 19.5 Å². The number of hydrogen-bond acceptors (Lipinski definition) is 4. The summed E-state index contributed by atoms with van der Waals surface area (Å²) in [6.45, 7) is 0.728. The Bertz CT molecular complexity index is 789. The molecular formula is C21H25F6NO2S. The first kappa shape index (κ1) is 24.4. The van der Waals surface area contributed by atoms with E-state index in [1.54, 1.807) is 0 Å². The smallest absolute Gasteiger partial charge is 0.381 e. The van der Waals surface area contributed by atoms with E-state index in [4.69, 9.17) is 4.74 Å². The van der Waals surface area contributed by atoms with E-state index >= 15 is 0 Å². The zero-order valence-electron chi connectivity index (χ0n) is 17.0. The van der Waals surface area contributed by atoms with Crippen molar-refractivity contribution < 1.29 is 35.9 Å². The van der Waals surface area contributed by atoms with E-state index in [0.29, 0.717) is 36.9 Å². The molecule has 0 aromatic heterocycles. The number of ketones is 1. The van der Waals surface area contributed by atoms with E-state index in [2.05, 4.69) is 5.32 Å². The zero-order chi connectivity index (χ0) is 22.8. The molecule has 3 nitrogen and oxygen atoms in total. The fourth-order valence-corrected chi connectivity index (χ4v) is 5.08. The summed E-state index contributed by atoms with van der Waals surface area (Å²) in [5.41, 5.74) is -3.63. The van der Waals surface area contributed by atoms with Gasteiger partial charge in [-0.3, -0.25) is 4.79 Å². The molecule has 2 aliphatic rings. The second-order valence-electron chi connectivity index (χ2n) is 8.10. The molecule has 0 unspecified atom stereocenters. The monoisotopic (exact) mass is 469 g/mol. The molecule has 1 N–H and O–H groups in total. The Morgan fingerprint density at radius 2 is 1.77 bits per heavy atom. The van der Waals surface area contributed by atoms with Gasteiger partial charge in [0.2, 0.25) is 0 Å². The molecule has 31 heavy (non-hydrogen) atoms. The van der Waals surface area contributed by atoms with E-state index in [0.717, 1.165) is 25.7 Å². The Kier molecular flexibility index (Phi) is 7.63. The molecule has 2 atom stereocenters. The van der Waals surface area contributed by atoms with Crippen LogP contribution in [0.3, 0.4) is 0 Å². The van der Waals surface area contributed by atoms with Crippen molar-refractivity contribution >= 4 is 17.5 Å². The third-order valence-electron chi connectivity index (χ3n) is 5.96. The number of Topliss-reactive ketones (excluding diaryl/α,β-unsaturated/α-hetero) is 1. The van der Waals surface area contributed by atoms with Gasteiger partial charge in [-0.2, -0.15) is 26.3 Å². The van der Waals surface area contributed by atoms with E-state index in [9.17, 15) is 31.1 Å². The van der Waals surface area contributed by atoms with Crippen LogP contribution in [0.15, 0.2) is 17.0 Å². The number of ether oxygens (including phenoxy) is 1. The van der Waals surface area contributed by atoms with E-state index in [1.807, 2.05) is 0 Å². The van der Waals surface area contributed by atoms with Crippen molar-refractivity contribution in [1.29, 1.82) is 0 Å². The van der Waals surface area contributed by atoms with Crippen LogP contribution in [-0.2, 0) is 17.1 Å². The number of thioether (sulfide) groups is 1. The van der Waals surface area contributed by atoms with Crippen molar-refractivity contribution in [2.45, 2.75) is 67.9 Å². The number of rotatable bonds is 6. The summed E-state index contributed by atoms with van der Waals surface area (Å²) in [6, 6.07) is 0.916. The molecule has 1 aromatic rings. The molecule has 1 aliphatic carbocycles. The van der Waals surface area contributed by atoms with Crippen molar-refractivity contribution in [2.24, 2.45) is 5.92 Å². The summed E-state index contributed by atoms with van der Waals surface area (Å²) in [7, 11) is 0. The molecule has 2 fully saturated rings. The number of nitrogens with one attached hydrogen (secondary N) is 1. The quantitative estimate of drug-likeness (QED) is 0.317. The fourth-order valence-electron chi connectivity index (χ4n) is 4.40. The van der Waals surface area contributed by atoms with Gasteiger partial charge in [0.25, 0.3) is 0 Å². The van der Waals surface area contributed by atoms with Gasteiger partial charge < -0.3 is 10.1 Å². The van der Waals surface area contributed by atoms with Crippen LogP contribution in [0.4, 0.5) is 26.3 Å². The maximum atomic E-state index is 13.7. The molecule has 1 saturated carbocycles. The Morgan fingerprint density at radius 1 is 1.10 bits per heavy atom. The van der Waals surface area contributed by atoms with Crippen molar-refractivity contribution in [1.82, 2.24) is 5.32 Å². The lowest BCUT2D eigenvalue weighted by Gasteiger charge is -2.34. The predicted octanol–water partition coefficient (Wildman–Crippen LogP) is 5.96. The van der Waals surface area contributed by atoms with Crippen LogP contribution in [0.25, 0.3) is 0 Å². The minimum Gasteiger partial charge on any atom is -0.381 e. The molecule has 0 amide bonds. The normalized spacial score (nSPS) is 23.3. The van der Waals surface area contributed by atoms with Gasteiger partial charge in [-0.15, -0.1) is 11.8 Å². The number of carbonyl (C=O) groups excluding carboxylic acids is 1. The third-order valence-corrected chi connectivity index (χ3v) is 6.72. The van der Waals surface area contributed by atoms with E-state index in [-0.39, 0.29) is 35.9 Å². The largest absolute Gasteiger partial charge is 0.417 e. The topological polar surface area (TPSA) is 38.3 Å². The average Bonchev–Trinajstić information content (AvgIpc) is 3.20. The van der Waals surface area contributed by atoms with Crippen molar-refractivity contribution in [3.8, 4) is 0 Å². The minimum absolute atomic E-state index is 0.0403. The first-order valence-electron chi connectivity index (χ1n) is 10.2. The maximum Gasteiger partial charge on any atom is 0.417 e. The molecule has 0 bridgehead atoms. The summed E-state index contributed by atoms with van der Waals surface area (Å²) in [6.07, 6.45) is -3.97. The molecule has 1 saturated heterocycles. The van der Waals surface area contributed by atoms with Crippen LogP contribution >= 0.6 is 11.8 Å². The fraction of sp³-hybridized carbons (Fsp3) is 0.667. The number of hydrogen-bond donors (Lipinski definition) is 1. The van der Waals surface area contributed by atoms with Crippen LogP contribution in [-0.4, -0.2) is 37.3 Å². The predicted molar refractivity (Wildman–Crippen MR) is 105 cm³/mol. The molecule has 1 aliphatic heterocycles. The van der Waals surface area contributed by atoms with Crippen LogP contribution in [0.5, 0.6) is 0 Å². The summed E-state index contributed by atoms with van der Waals surface area (Å²) in [5.74, 6) is -1.14. The molecule has 0 spiro atoms. The molecular weight excluding hydrogens is 444 g/mol. The summed E-state index contributed by atoms with van der Waals surface area (Å²) < 4.78 is 85.8. The highest BCUT2D eigenvalue weighted by Gasteiger charge is 2.42. The molecule has 0 radical (unpaired) electrons. The molecule has 10 heteroatoms. The van der Waals surface area contributed by atoms with Gasteiger partial charge in [0.1, 0.15) is 0 Å². The summed E-state index contributed by atoms with van der Waals surface area (Å²) >= 11 is 0.706. The number of halogens is 6. The zero-order valence-corrected chi connectivity index (χ0v) is 17.9. The van der Waals surface area contributed by atoms with Crippen molar-refractivity contribution in [3.63, 3.8) is 0 Å². The minimum atomic E-state index is -5.08. The second kappa shape index (κ2) is 9.70. The Labute approximate surface area is 181 Å².